The van der Waals surface area contributed by atoms with Crippen molar-refractivity contribution in [3.8, 4) is 5.75 Å². The molecule has 1 aromatic rings. The number of benzene rings is 1. The lowest BCUT2D eigenvalue weighted by Gasteiger charge is -2.44. The molecule has 0 saturated carbocycles. The standard InChI is InChI=1S/C22H28O10S/c1-13(23)28-12-18-19(29-14(2)24)20(30-15(3)25)21(31-16(4)26)22(32-18)33-11-10-27-17-8-6-5-7-9-17/h5-9,18-22H,10-12H2,1-4H3/t18-,19+,20-,21+,22+/m0/s1. The third-order valence-corrected chi connectivity index (χ3v) is 5.44. The van der Waals surface area contributed by atoms with Crippen molar-refractivity contribution in [1.29, 1.82) is 0 Å². The molecule has 1 aliphatic rings. The zero-order chi connectivity index (χ0) is 24.4. The van der Waals surface area contributed by atoms with Crippen LogP contribution in [0.1, 0.15) is 27.7 Å². The molecule has 11 heteroatoms. The van der Waals surface area contributed by atoms with Crippen LogP contribution in [0.4, 0.5) is 0 Å². The van der Waals surface area contributed by atoms with Crippen LogP contribution in [0.3, 0.4) is 0 Å². The Bertz CT molecular complexity index is 815. The average molecular weight is 485 g/mol. The van der Waals surface area contributed by atoms with Crippen molar-refractivity contribution in [2.24, 2.45) is 0 Å². The van der Waals surface area contributed by atoms with Crippen molar-refractivity contribution in [2.45, 2.75) is 57.5 Å². The molecule has 1 aliphatic heterocycles. The van der Waals surface area contributed by atoms with Gasteiger partial charge in [-0.1, -0.05) is 18.2 Å². The van der Waals surface area contributed by atoms with Crippen molar-refractivity contribution in [1.82, 2.24) is 0 Å². The Kier molecular flexibility index (Phi) is 10.5. The first-order chi connectivity index (χ1) is 15.7. The van der Waals surface area contributed by atoms with E-state index in [1.165, 1.54) is 39.5 Å². The van der Waals surface area contributed by atoms with Crippen molar-refractivity contribution in [2.75, 3.05) is 19.0 Å². The molecule has 0 N–H and O–H groups in total. The monoisotopic (exact) mass is 484 g/mol. The quantitative estimate of drug-likeness (QED) is 0.275. The molecule has 1 saturated heterocycles. The van der Waals surface area contributed by atoms with Crippen LogP contribution in [0.2, 0.25) is 0 Å². The van der Waals surface area contributed by atoms with Gasteiger partial charge < -0.3 is 28.4 Å². The molecular weight excluding hydrogens is 456 g/mol. The van der Waals surface area contributed by atoms with Crippen LogP contribution >= 0.6 is 11.8 Å². The van der Waals surface area contributed by atoms with Gasteiger partial charge in [0.15, 0.2) is 18.3 Å². The number of para-hydroxylation sites is 1. The van der Waals surface area contributed by atoms with Gasteiger partial charge in [-0.2, -0.15) is 0 Å². The lowest BCUT2D eigenvalue weighted by Crippen LogP contribution is -2.61. The second-order valence-electron chi connectivity index (χ2n) is 7.10. The summed E-state index contributed by atoms with van der Waals surface area (Å²) in [4.78, 5) is 46.7. The predicted octanol–water partition coefficient (Wildman–Crippen LogP) is 1.88. The van der Waals surface area contributed by atoms with Gasteiger partial charge >= 0.3 is 23.9 Å². The van der Waals surface area contributed by atoms with E-state index in [1.54, 1.807) is 0 Å². The average Bonchev–Trinajstić information content (AvgIpc) is 2.73. The minimum atomic E-state index is -1.17. The Morgan fingerprint density at radius 2 is 1.39 bits per heavy atom. The van der Waals surface area contributed by atoms with E-state index in [9.17, 15) is 19.2 Å². The molecule has 0 bridgehead atoms. The molecule has 0 unspecified atom stereocenters. The first-order valence-corrected chi connectivity index (χ1v) is 11.3. The maximum atomic E-state index is 11.8. The summed E-state index contributed by atoms with van der Waals surface area (Å²) in [5, 5.41) is 0. The molecule has 2 rings (SSSR count). The van der Waals surface area contributed by atoms with Crippen molar-refractivity contribution in [3.63, 3.8) is 0 Å². The van der Waals surface area contributed by atoms with Gasteiger partial charge in [-0.05, 0) is 12.1 Å². The number of carbonyl (C=O) groups excluding carboxylic acids is 4. The van der Waals surface area contributed by atoms with Crippen LogP contribution in [0.5, 0.6) is 5.75 Å². The summed E-state index contributed by atoms with van der Waals surface area (Å²) in [5.74, 6) is -1.41. The molecular formula is C22H28O10S. The Labute approximate surface area is 196 Å². The first-order valence-electron chi connectivity index (χ1n) is 10.3. The zero-order valence-electron chi connectivity index (χ0n) is 18.9. The lowest BCUT2D eigenvalue weighted by atomic mass is 9.99. The minimum Gasteiger partial charge on any atom is -0.493 e. The van der Waals surface area contributed by atoms with E-state index < -0.39 is 53.7 Å². The molecule has 1 heterocycles. The third-order valence-electron chi connectivity index (χ3n) is 4.33. The van der Waals surface area contributed by atoms with E-state index in [-0.39, 0.29) is 6.61 Å². The summed E-state index contributed by atoms with van der Waals surface area (Å²) < 4.78 is 32.9. The molecule has 1 aromatic carbocycles. The van der Waals surface area contributed by atoms with Crippen LogP contribution in [0.25, 0.3) is 0 Å². The van der Waals surface area contributed by atoms with Crippen LogP contribution in [-0.4, -0.2) is 72.7 Å². The minimum absolute atomic E-state index is 0.255. The van der Waals surface area contributed by atoms with Gasteiger partial charge in [0, 0.05) is 33.4 Å². The van der Waals surface area contributed by atoms with Crippen LogP contribution in [0, 0.1) is 0 Å². The van der Waals surface area contributed by atoms with Gasteiger partial charge in [0.2, 0.25) is 0 Å². The fourth-order valence-corrected chi connectivity index (χ4v) is 4.20. The molecule has 0 aliphatic carbocycles. The molecule has 10 nitrogen and oxygen atoms in total. The number of carbonyl (C=O) groups is 4. The number of hydrogen-bond acceptors (Lipinski definition) is 11. The second kappa shape index (κ2) is 13.0. The highest BCUT2D eigenvalue weighted by molar-refractivity contribution is 7.99. The van der Waals surface area contributed by atoms with E-state index in [0.29, 0.717) is 18.1 Å². The van der Waals surface area contributed by atoms with E-state index in [0.717, 1.165) is 0 Å². The largest absolute Gasteiger partial charge is 0.493 e. The smallest absolute Gasteiger partial charge is 0.303 e. The normalized spacial score (nSPS) is 24.3. The highest BCUT2D eigenvalue weighted by Crippen LogP contribution is 2.34. The van der Waals surface area contributed by atoms with E-state index >= 15 is 0 Å². The Hall–Kier alpha value is -2.79. The van der Waals surface area contributed by atoms with E-state index in [4.69, 9.17) is 28.4 Å². The fourth-order valence-electron chi connectivity index (χ4n) is 3.16. The van der Waals surface area contributed by atoms with Gasteiger partial charge in [0.05, 0.1) is 6.61 Å². The first kappa shape index (κ1) is 26.5. The highest BCUT2D eigenvalue weighted by atomic mass is 32.2. The number of thioether (sulfide) groups is 1. The Morgan fingerprint density at radius 3 is 1.97 bits per heavy atom. The van der Waals surface area contributed by atoms with Gasteiger partial charge in [-0.25, -0.2) is 0 Å². The molecule has 33 heavy (non-hydrogen) atoms. The zero-order valence-corrected chi connectivity index (χ0v) is 19.7. The summed E-state index contributed by atoms with van der Waals surface area (Å²) in [7, 11) is 0. The fraction of sp³-hybridized carbons (Fsp3) is 0.545. The molecule has 0 amide bonds. The number of rotatable bonds is 10. The molecule has 5 atom stereocenters. The maximum Gasteiger partial charge on any atom is 0.303 e. The SMILES string of the molecule is CC(=O)OC[C@@H]1O[C@H](SCCOc2ccccc2)[C@H](OC(C)=O)[C@@H](OC(C)=O)[C@@H]1OC(C)=O. The molecule has 0 spiro atoms. The predicted molar refractivity (Wildman–Crippen MR) is 116 cm³/mol. The van der Waals surface area contributed by atoms with Gasteiger partial charge in [0.1, 0.15) is 23.9 Å². The Balaban J connectivity index is 2.21. The van der Waals surface area contributed by atoms with Crippen LogP contribution in [0.15, 0.2) is 30.3 Å². The second-order valence-corrected chi connectivity index (χ2v) is 8.31. The highest BCUT2D eigenvalue weighted by Gasteiger charge is 2.52. The number of hydrogen-bond donors (Lipinski definition) is 0. The van der Waals surface area contributed by atoms with Crippen LogP contribution in [-0.2, 0) is 42.9 Å². The number of esters is 4. The van der Waals surface area contributed by atoms with Crippen molar-refractivity contribution in [3.05, 3.63) is 30.3 Å². The molecule has 0 radical (unpaired) electrons. The number of ether oxygens (including phenoxy) is 6. The molecule has 0 aromatic heterocycles. The van der Waals surface area contributed by atoms with Crippen LogP contribution < -0.4 is 4.74 Å². The topological polar surface area (TPSA) is 124 Å². The van der Waals surface area contributed by atoms with Gasteiger partial charge in [0.25, 0.3) is 0 Å². The molecule has 1 fully saturated rings. The summed E-state index contributed by atoms with van der Waals surface area (Å²) >= 11 is 1.26. The summed E-state index contributed by atoms with van der Waals surface area (Å²) in [6.45, 7) is 4.86. The summed E-state index contributed by atoms with van der Waals surface area (Å²) in [5.41, 5.74) is -0.815. The van der Waals surface area contributed by atoms with Gasteiger partial charge in [-0.15, -0.1) is 11.8 Å². The Morgan fingerprint density at radius 1 is 0.818 bits per heavy atom. The lowest BCUT2D eigenvalue weighted by molar-refractivity contribution is -0.237. The summed E-state index contributed by atoms with van der Waals surface area (Å²) in [6.07, 6.45) is -4.36. The maximum absolute atomic E-state index is 11.8. The third kappa shape index (κ3) is 8.93. The van der Waals surface area contributed by atoms with Crippen molar-refractivity contribution < 1.29 is 47.6 Å². The van der Waals surface area contributed by atoms with Gasteiger partial charge in [-0.3, -0.25) is 19.2 Å². The van der Waals surface area contributed by atoms with Crippen molar-refractivity contribution >= 4 is 35.6 Å². The van der Waals surface area contributed by atoms with E-state index in [2.05, 4.69) is 0 Å². The summed E-state index contributed by atoms with van der Waals surface area (Å²) in [6, 6.07) is 9.21. The molecule has 182 valence electrons. The van der Waals surface area contributed by atoms with E-state index in [1.807, 2.05) is 30.3 Å².